The fourth-order valence-electron chi connectivity index (χ4n) is 6.26. The second-order valence-corrected chi connectivity index (χ2v) is 10.6. The summed E-state index contributed by atoms with van der Waals surface area (Å²) in [5, 5.41) is 2.14. The minimum absolute atomic E-state index is 0.615. The molecular weight excluding hydrogens is 452 g/mol. The molecule has 3 nitrogen and oxygen atoms in total. The SMILES string of the molecule is [C-]#[N+]c1ccc2c(oc3c(-c4ccc(CC5CCCCC5)c(C)[n+]4C)c(C)ccc32)c1-c1ccccc1. The number of aryl methyl sites for hydroxylation is 1. The topological polar surface area (TPSA) is 21.4 Å². The molecule has 2 heterocycles. The third kappa shape index (κ3) is 4.02. The molecule has 184 valence electrons. The predicted molar refractivity (Wildman–Crippen MR) is 152 cm³/mol. The molecule has 0 saturated heterocycles. The van der Waals surface area contributed by atoms with Gasteiger partial charge in [-0.05, 0) is 36.5 Å². The summed E-state index contributed by atoms with van der Waals surface area (Å²) in [7, 11) is 2.18. The van der Waals surface area contributed by atoms with Gasteiger partial charge in [-0.25, -0.2) is 4.85 Å². The maximum absolute atomic E-state index is 7.80. The van der Waals surface area contributed by atoms with Crippen molar-refractivity contribution < 1.29 is 8.98 Å². The molecule has 1 aliphatic carbocycles. The average Bonchev–Trinajstić information content (AvgIpc) is 3.31. The van der Waals surface area contributed by atoms with Crippen molar-refractivity contribution in [2.75, 3.05) is 0 Å². The third-order valence-corrected chi connectivity index (χ3v) is 8.44. The van der Waals surface area contributed by atoms with Gasteiger partial charge < -0.3 is 4.42 Å². The van der Waals surface area contributed by atoms with E-state index in [-0.39, 0.29) is 0 Å². The molecule has 0 bridgehead atoms. The minimum Gasteiger partial charge on any atom is -0.456 e. The van der Waals surface area contributed by atoms with Gasteiger partial charge in [0.15, 0.2) is 11.4 Å². The van der Waals surface area contributed by atoms with E-state index in [1.807, 2.05) is 30.3 Å². The molecule has 1 aliphatic rings. The van der Waals surface area contributed by atoms with Crippen LogP contribution in [0.1, 0.15) is 48.9 Å². The molecule has 3 heteroatoms. The largest absolute Gasteiger partial charge is 0.456 e. The Hall–Kier alpha value is -3.90. The number of hydrogen-bond acceptors (Lipinski definition) is 1. The summed E-state index contributed by atoms with van der Waals surface area (Å²) in [4.78, 5) is 3.83. The van der Waals surface area contributed by atoms with Crippen molar-refractivity contribution >= 4 is 27.6 Å². The Kier molecular flexibility index (Phi) is 6.05. The predicted octanol–water partition coefficient (Wildman–Crippen LogP) is 9.03. The lowest BCUT2D eigenvalue weighted by Gasteiger charge is -2.21. The van der Waals surface area contributed by atoms with Gasteiger partial charge in [0.05, 0.1) is 12.1 Å². The Balaban J connectivity index is 1.54. The summed E-state index contributed by atoms with van der Waals surface area (Å²) >= 11 is 0. The second kappa shape index (κ2) is 9.52. The van der Waals surface area contributed by atoms with Crippen LogP contribution in [0.3, 0.4) is 0 Å². The number of hydrogen-bond donors (Lipinski definition) is 0. The summed E-state index contributed by atoms with van der Waals surface area (Å²) in [6, 6.07) is 23.1. The van der Waals surface area contributed by atoms with Crippen molar-refractivity contribution in [1.29, 1.82) is 0 Å². The highest BCUT2D eigenvalue weighted by atomic mass is 16.3. The second-order valence-electron chi connectivity index (χ2n) is 10.6. The molecule has 37 heavy (non-hydrogen) atoms. The van der Waals surface area contributed by atoms with Gasteiger partial charge in [0, 0.05) is 34.9 Å². The van der Waals surface area contributed by atoms with Crippen LogP contribution in [0.25, 0.3) is 49.2 Å². The van der Waals surface area contributed by atoms with E-state index in [1.165, 1.54) is 61.0 Å². The van der Waals surface area contributed by atoms with Crippen molar-refractivity contribution in [2.45, 2.75) is 52.4 Å². The van der Waals surface area contributed by atoms with Crippen molar-refractivity contribution in [2.24, 2.45) is 13.0 Å². The number of nitrogens with zero attached hydrogens (tertiary/aromatic N) is 2. The van der Waals surface area contributed by atoms with Gasteiger partial charge in [-0.2, -0.15) is 4.57 Å². The molecule has 1 fully saturated rings. The van der Waals surface area contributed by atoms with Gasteiger partial charge in [0.2, 0.25) is 5.69 Å². The molecule has 1 saturated carbocycles. The summed E-state index contributed by atoms with van der Waals surface area (Å²) in [5.74, 6) is 0.812. The van der Waals surface area contributed by atoms with Crippen LogP contribution in [0.2, 0.25) is 0 Å². The summed E-state index contributed by atoms with van der Waals surface area (Å²) in [5.41, 5.74) is 10.4. The number of rotatable bonds is 4. The Morgan fingerprint density at radius 2 is 1.54 bits per heavy atom. The Bertz CT molecular complexity index is 1660. The van der Waals surface area contributed by atoms with E-state index >= 15 is 0 Å². The molecule has 0 radical (unpaired) electrons. The standard InChI is InChI=1S/C34H33N2O/c1-22-15-17-27-28-18-19-29(35-3)32(25-13-9-6-10-14-25)34(28)37-33(27)31(22)30-20-16-26(23(2)36(30)4)21-24-11-7-5-8-12-24/h6,9-10,13-20,24H,5,7-8,11-12,21H2,1-2,4H3/q+1. The van der Waals surface area contributed by atoms with E-state index in [4.69, 9.17) is 11.0 Å². The van der Waals surface area contributed by atoms with Crippen LogP contribution in [-0.4, -0.2) is 0 Å². The van der Waals surface area contributed by atoms with E-state index in [1.54, 1.807) is 0 Å². The van der Waals surface area contributed by atoms with Gasteiger partial charge in [-0.15, -0.1) is 0 Å². The molecule has 0 atom stereocenters. The lowest BCUT2D eigenvalue weighted by atomic mass is 9.84. The van der Waals surface area contributed by atoms with Gasteiger partial charge in [0.25, 0.3) is 0 Å². The van der Waals surface area contributed by atoms with Gasteiger partial charge in [0.1, 0.15) is 18.2 Å². The zero-order valence-electron chi connectivity index (χ0n) is 22.0. The van der Waals surface area contributed by atoms with Gasteiger partial charge in [-0.3, -0.25) is 0 Å². The van der Waals surface area contributed by atoms with E-state index in [9.17, 15) is 0 Å². The first-order chi connectivity index (χ1) is 18.1. The first-order valence-electron chi connectivity index (χ1n) is 13.5. The van der Waals surface area contributed by atoms with Crippen molar-refractivity contribution in [3.8, 4) is 22.4 Å². The number of benzene rings is 3. The van der Waals surface area contributed by atoms with E-state index < -0.39 is 0 Å². The molecule has 0 amide bonds. The number of pyridine rings is 1. The fourth-order valence-corrected chi connectivity index (χ4v) is 6.26. The monoisotopic (exact) mass is 485 g/mol. The van der Waals surface area contributed by atoms with Crippen LogP contribution in [0.15, 0.2) is 71.1 Å². The number of furan rings is 1. The van der Waals surface area contributed by atoms with Gasteiger partial charge >= 0.3 is 0 Å². The number of aromatic nitrogens is 1. The zero-order valence-corrected chi connectivity index (χ0v) is 22.0. The highest BCUT2D eigenvalue weighted by Crippen LogP contribution is 2.44. The molecule has 0 aliphatic heterocycles. The van der Waals surface area contributed by atoms with Gasteiger partial charge in [-0.1, -0.05) is 86.7 Å². The van der Waals surface area contributed by atoms with E-state index in [0.29, 0.717) is 5.69 Å². The van der Waals surface area contributed by atoms with Crippen molar-refractivity contribution in [1.82, 2.24) is 0 Å². The van der Waals surface area contributed by atoms with E-state index in [2.05, 4.69) is 66.7 Å². The van der Waals surface area contributed by atoms with E-state index in [0.717, 1.165) is 44.5 Å². The fraction of sp³-hybridized carbons (Fsp3) is 0.294. The van der Waals surface area contributed by atoms with Crippen LogP contribution in [-0.2, 0) is 13.5 Å². The quantitative estimate of drug-likeness (QED) is 0.184. The molecular formula is C34H33N2O+. The maximum Gasteiger partial charge on any atom is 0.216 e. The first-order valence-corrected chi connectivity index (χ1v) is 13.5. The highest BCUT2D eigenvalue weighted by Gasteiger charge is 2.25. The number of fused-ring (bicyclic) bond motifs is 3. The molecule has 0 unspecified atom stereocenters. The zero-order chi connectivity index (χ0) is 25.5. The third-order valence-electron chi connectivity index (χ3n) is 8.44. The maximum atomic E-state index is 7.80. The Morgan fingerprint density at radius 3 is 2.27 bits per heavy atom. The summed E-state index contributed by atoms with van der Waals surface area (Å²) in [6.07, 6.45) is 8.04. The smallest absolute Gasteiger partial charge is 0.216 e. The van der Waals surface area contributed by atoms with Crippen molar-refractivity contribution in [3.05, 3.63) is 95.0 Å². The average molecular weight is 486 g/mol. The Morgan fingerprint density at radius 1 is 0.838 bits per heavy atom. The first kappa shape index (κ1) is 23.5. The molecule has 6 rings (SSSR count). The highest BCUT2D eigenvalue weighted by molar-refractivity contribution is 6.15. The summed E-state index contributed by atoms with van der Waals surface area (Å²) in [6.45, 7) is 12.2. The normalized spacial score (nSPS) is 14.3. The summed E-state index contributed by atoms with van der Waals surface area (Å²) < 4.78 is 9.08. The van der Waals surface area contributed by atoms with Crippen molar-refractivity contribution in [3.63, 3.8) is 0 Å². The molecule has 2 aromatic heterocycles. The van der Waals surface area contributed by atoms with Crippen LogP contribution in [0.4, 0.5) is 5.69 Å². The lowest BCUT2D eigenvalue weighted by molar-refractivity contribution is -0.667. The lowest BCUT2D eigenvalue weighted by Crippen LogP contribution is -2.36. The van der Waals surface area contributed by atoms with Crippen LogP contribution in [0, 0.1) is 26.3 Å². The van der Waals surface area contributed by atoms with Crippen LogP contribution < -0.4 is 4.57 Å². The van der Waals surface area contributed by atoms with Crippen LogP contribution >= 0.6 is 0 Å². The molecule has 0 N–H and O–H groups in total. The minimum atomic E-state index is 0.615. The molecule has 0 spiro atoms. The molecule has 3 aromatic carbocycles. The Labute approximate surface area is 219 Å². The molecule has 5 aromatic rings. The van der Waals surface area contributed by atoms with Crippen LogP contribution in [0.5, 0.6) is 0 Å².